The molecule has 0 saturated carbocycles. The molecule has 1 nitrogen and oxygen atoms in total. The van der Waals surface area contributed by atoms with E-state index in [4.69, 9.17) is 0 Å². The van der Waals surface area contributed by atoms with Crippen molar-refractivity contribution in [1.29, 1.82) is 0 Å². The summed E-state index contributed by atoms with van der Waals surface area (Å²) >= 11 is 3.58. The van der Waals surface area contributed by atoms with E-state index in [1.165, 1.54) is 16.7 Å². The highest BCUT2D eigenvalue weighted by Crippen LogP contribution is 2.43. The number of benzene rings is 1. The fourth-order valence-corrected chi connectivity index (χ4v) is 3.27. The first kappa shape index (κ1) is 9.34. The van der Waals surface area contributed by atoms with Crippen molar-refractivity contribution in [2.24, 2.45) is 0 Å². The second kappa shape index (κ2) is 3.31. The van der Waals surface area contributed by atoms with Gasteiger partial charge in [-0.3, -0.25) is 4.79 Å². The lowest BCUT2D eigenvalue weighted by Gasteiger charge is -2.13. The number of carbonyl (C=O) groups excluding carboxylic acids is 1. The molecule has 0 aromatic heterocycles. The Bertz CT molecular complexity index is 485. The minimum Gasteiger partial charge on any atom is -0.295 e. The molecule has 0 spiro atoms. The second-order valence-electron chi connectivity index (χ2n) is 4.18. The average molecular weight is 263 g/mol. The second-order valence-corrected chi connectivity index (χ2v) is 5.04. The minimum atomic E-state index is 0.361. The van der Waals surface area contributed by atoms with E-state index in [2.05, 4.69) is 28.1 Å². The molecule has 3 rings (SSSR count). The summed E-state index contributed by atoms with van der Waals surface area (Å²) in [5, 5.41) is 0. The van der Waals surface area contributed by atoms with Crippen LogP contribution in [0.4, 0.5) is 0 Å². The first-order chi connectivity index (χ1) is 7.27. The highest BCUT2D eigenvalue weighted by atomic mass is 79.9. The molecule has 2 aliphatic carbocycles. The monoisotopic (exact) mass is 262 g/mol. The van der Waals surface area contributed by atoms with Crippen LogP contribution in [0, 0.1) is 0 Å². The van der Waals surface area contributed by atoms with E-state index in [0.29, 0.717) is 5.78 Å². The number of hydrogen-bond acceptors (Lipinski definition) is 1. The van der Waals surface area contributed by atoms with Crippen LogP contribution in [0.25, 0.3) is 5.57 Å². The first-order valence-corrected chi connectivity index (χ1v) is 6.09. The van der Waals surface area contributed by atoms with Crippen molar-refractivity contribution in [3.05, 3.63) is 39.4 Å². The van der Waals surface area contributed by atoms with E-state index in [1.807, 2.05) is 6.07 Å². The van der Waals surface area contributed by atoms with Crippen LogP contribution >= 0.6 is 15.9 Å². The summed E-state index contributed by atoms with van der Waals surface area (Å²) < 4.78 is 1.14. The van der Waals surface area contributed by atoms with E-state index in [9.17, 15) is 4.79 Å². The van der Waals surface area contributed by atoms with Crippen LogP contribution in [0.1, 0.15) is 30.4 Å². The summed E-state index contributed by atoms with van der Waals surface area (Å²) in [7, 11) is 0. The minimum absolute atomic E-state index is 0.361. The normalized spacial score (nSPS) is 19.1. The largest absolute Gasteiger partial charge is 0.295 e. The van der Waals surface area contributed by atoms with Gasteiger partial charge in [-0.15, -0.1) is 0 Å². The molecule has 0 radical (unpaired) electrons. The number of allylic oxidation sites excluding steroid dienone is 2. The Balaban J connectivity index is 2.21. The van der Waals surface area contributed by atoms with Crippen molar-refractivity contribution >= 4 is 27.3 Å². The number of Topliss-reactive ketones (excluding diaryl/α,β-unsaturated/α-hetero) is 1. The molecule has 0 saturated heterocycles. The number of halogens is 1. The van der Waals surface area contributed by atoms with Crippen molar-refractivity contribution in [2.45, 2.75) is 25.7 Å². The number of rotatable bonds is 0. The quantitative estimate of drug-likeness (QED) is 0.700. The van der Waals surface area contributed by atoms with E-state index < -0.39 is 0 Å². The number of ketones is 1. The van der Waals surface area contributed by atoms with Crippen LogP contribution in [0.3, 0.4) is 0 Å². The molecule has 0 fully saturated rings. The lowest BCUT2D eigenvalue weighted by Crippen LogP contribution is -2.08. The SMILES string of the molecule is O=C1CCCC2=C1Cc1cccc(Br)c12. The smallest absolute Gasteiger partial charge is 0.159 e. The van der Waals surface area contributed by atoms with Gasteiger partial charge in [-0.25, -0.2) is 0 Å². The van der Waals surface area contributed by atoms with Gasteiger partial charge in [0.05, 0.1) is 0 Å². The molecule has 0 N–H and O–H groups in total. The van der Waals surface area contributed by atoms with Gasteiger partial charge in [0.1, 0.15) is 0 Å². The van der Waals surface area contributed by atoms with Gasteiger partial charge < -0.3 is 0 Å². The fourth-order valence-electron chi connectivity index (χ4n) is 2.62. The van der Waals surface area contributed by atoms with Crippen LogP contribution in [0.2, 0.25) is 0 Å². The van der Waals surface area contributed by atoms with Gasteiger partial charge in [-0.05, 0) is 35.6 Å². The van der Waals surface area contributed by atoms with Crippen molar-refractivity contribution < 1.29 is 4.79 Å². The zero-order valence-electron chi connectivity index (χ0n) is 8.35. The van der Waals surface area contributed by atoms with E-state index in [-0.39, 0.29) is 0 Å². The van der Waals surface area contributed by atoms with Crippen LogP contribution in [0.15, 0.2) is 28.2 Å². The predicted molar refractivity (Wildman–Crippen MR) is 63.6 cm³/mol. The molecule has 0 aliphatic heterocycles. The zero-order valence-corrected chi connectivity index (χ0v) is 9.93. The topological polar surface area (TPSA) is 17.1 Å². The van der Waals surface area contributed by atoms with Gasteiger partial charge >= 0.3 is 0 Å². The molecule has 76 valence electrons. The van der Waals surface area contributed by atoms with Gasteiger partial charge in [0, 0.05) is 22.9 Å². The molecular weight excluding hydrogens is 252 g/mol. The molecule has 0 atom stereocenters. The summed E-state index contributed by atoms with van der Waals surface area (Å²) in [5.74, 6) is 0.361. The molecule has 0 bridgehead atoms. The average Bonchev–Trinajstić information content (AvgIpc) is 2.59. The summed E-state index contributed by atoms with van der Waals surface area (Å²) in [6, 6.07) is 6.24. The molecule has 15 heavy (non-hydrogen) atoms. The highest BCUT2D eigenvalue weighted by molar-refractivity contribution is 9.10. The van der Waals surface area contributed by atoms with E-state index >= 15 is 0 Å². The molecule has 1 aromatic rings. The van der Waals surface area contributed by atoms with Gasteiger partial charge in [-0.1, -0.05) is 28.1 Å². The highest BCUT2D eigenvalue weighted by Gasteiger charge is 2.29. The van der Waals surface area contributed by atoms with Crippen molar-refractivity contribution in [3.63, 3.8) is 0 Å². The number of carbonyl (C=O) groups is 1. The third-order valence-electron chi connectivity index (χ3n) is 3.30. The molecule has 2 aliphatic rings. The Morgan fingerprint density at radius 2 is 2.00 bits per heavy atom. The summed E-state index contributed by atoms with van der Waals surface area (Å²) in [5.41, 5.74) is 4.97. The Kier molecular flexibility index (Phi) is 2.06. The Labute approximate surface area is 97.3 Å². The van der Waals surface area contributed by atoms with Gasteiger partial charge in [0.2, 0.25) is 0 Å². The lowest BCUT2D eigenvalue weighted by molar-refractivity contribution is -0.115. The zero-order chi connectivity index (χ0) is 10.4. The van der Waals surface area contributed by atoms with Gasteiger partial charge in [-0.2, -0.15) is 0 Å². The van der Waals surface area contributed by atoms with Crippen molar-refractivity contribution in [1.82, 2.24) is 0 Å². The third-order valence-corrected chi connectivity index (χ3v) is 3.96. The fraction of sp³-hybridized carbons (Fsp3) is 0.308. The molecule has 1 aromatic carbocycles. The van der Waals surface area contributed by atoms with Gasteiger partial charge in [0.15, 0.2) is 5.78 Å². The maximum atomic E-state index is 11.8. The predicted octanol–water partition coefficient (Wildman–Crippen LogP) is 3.51. The standard InChI is InChI=1S/C13H11BrO/c14-11-5-1-3-8-7-10-9(13(8)11)4-2-6-12(10)15/h1,3,5H,2,4,6-7H2. The van der Waals surface area contributed by atoms with Gasteiger partial charge in [0.25, 0.3) is 0 Å². The van der Waals surface area contributed by atoms with Crippen molar-refractivity contribution in [2.75, 3.05) is 0 Å². The lowest BCUT2D eigenvalue weighted by atomic mass is 9.91. The summed E-state index contributed by atoms with van der Waals surface area (Å²) in [4.78, 5) is 11.8. The Morgan fingerprint density at radius 1 is 1.13 bits per heavy atom. The maximum absolute atomic E-state index is 11.8. The maximum Gasteiger partial charge on any atom is 0.159 e. The molecule has 2 heteroatoms. The third kappa shape index (κ3) is 1.31. The number of fused-ring (bicyclic) bond motifs is 2. The molecule has 0 unspecified atom stereocenters. The first-order valence-electron chi connectivity index (χ1n) is 5.30. The van der Waals surface area contributed by atoms with Crippen LogP contribution in [-0.2, 0) is 11.2 Å². The van der Waals surface area contributed by atoms with Crippen LogP contribution in [-0.4, -0.2) is 5.78 Å². The molecule has 0 heterocycles. The summed E-state index contributed by atoms with van der Waals surface area (Å²) in [6.07, 6.45) is 3.67. The van der Waals surface area contributed by atoms with E-state index in [0.717, 1.165) is 35.7 Å². The Morgan fingerprint density at radius 3 is 2.87 bits per heavy atom. The van der Waals surface area contributed by atoms with Crippen LogP contribution < -0.4 is 0 Å². The van der Waals surface area contributed by atoms with Crippen LogP contribution in [0.5, 0.6) is 0 Å². The number of hydrogen-bond donors (Lipinski definition) is 0. The summed E-state index contributed by atoms with van der Waals surface area (Å²) in [6.45, 7) is 0. The van der Waals surface area contributed by atoms with Crippen molar-refractivity contribution in [3.8, 4) is 0 Å². The van der Waals surface area contributed by atoms with E-state index in [1.54, 1.807) is 0 Å². The Hall–Kier alpha value is -0.890. The molecule has 0 amide bonds. The molecular formula is C13H11BrO.